The first-order valence-corrected chi connectivity index (χ1v) is 6.76. The van der Waals surface area contributed by atoms with Crippen molar-refractivity contribution >= 4 is 12.0 Å². The Balaban J connectivity index is 2.58. The Morgan fingerprint density at radius 3 is 2.75 bits per heavy atom. The summed E-state index contributed by atoms with van der Waals surface area (Å²) in [7, 11) is 1.56. The minimum Gasteiger partial charge on any atom is -0.480 e. The van der Waals surface area contributed by atoms with Gasteiger partial charge in [-0.05, 0) is 26.7 Å². The van der Waals surface area contributed by atoms with Crippen LogP contribution in [0.5, 0.6) is 0 Å². The average molecular weight is 288 g/mol. The number of nitrogens with zero attached hydrogens (tertiary/aromatic N) is 1. The van der Waals surface area contributed by atoms with Crippen LogP contribution in [0, 0.1) is 0 Å². The molecule has 1 unspecified atom stereocenters. The third-order valence-electron chi connectivity index (χ3n) is 3.33. The van der Waals surface area contributed by atoms with Crippen molar-refractivity contribution in [2.75, 3.05) is 33.5 Å². The number of carbonyl (C=O) groups is 2. The van der Waals surface area contributed by atoms with Crippen LogP contribution in [0.2, 0.25) is 0 Å². The van der Waals surface area contributed by atoms with E-state index in [1.807, 2.05) is 13.8 Å². The standard InChI is InChI=1S/C13H24N2O5/c1-13(2)9-20-8-6-15(13)12(18)14-10(11(16)17)5-4-7-19-3/h10H,4-9H2,1-3H3,(H,14,18)(H,16,17). The van der Waals surface area contributed by atoms with Gasteiger partial charge in [-0.15, -0.1) is 0 Å². The number of carbonyl (C=O) groups excluding carboxylic acids is 1. The van der Waals surface area contributed by atoms with Crippen molar-refractivity contribution in [2.24, 2.45) is 0 Å². The Kier molecular flexibility index (Phi) is 6.22. The molecule has 1 aliphatic heterocycles. The summed E-state index contributed by atoms with van der Waals surface area (Å²) < 4.78 is 10.2. The molecule has 1 fully saturated rings. The van der Waals surface area contributed by atoms with Crippen molar-refractivity contribution in [2.45, 2.75) is 38.3 Å². The summed E-state index contributed by atoms with van der Waals surface area (Å²) in [6.07, 6.45) is 0.930. The first-order chi connectivity index (χ1) is 9.38. The number of carboxylic acids is 1. The normalized spacial score (nSPS) is 19.4. The van der Waals surface area contributed by atoms with E-state index in [-0.39, 0.29) is 6.03 Å². The number of ether oxygens (including phenoxy) is 2. The second kappa shape index (κ2) is 7.44. The molecule has 116 valence electrons. The van der Waals surface area contributed by atoms with Gasteiger partial charge in [0.1, 0.15) is 6.04 Å². The number of hydrogen-bond donors (Lipinski definition) is 2. The van der Waals surface area contributed by atoms with E-state index in [0.717, 1.165) is 0 Å². The van der Waals surface area contributed by atoms with E-state index in [1.165, 1.54) is 0 Å². The van der Waals surface area contributed by atoms with Crippen LogP contribution in [0.1, 0.15) is 26.7 Å². The zero-order valence-electron chi connectivity index (χ0n) is 12.3. The predicted molar refractivity (Wildman–Crippen MR) is 72.7 cm³/mol. The van der Waals surface area contributed by atoms with Crippen LogP contribution in [0.4, 0.5) is 4.79 Å². The van der Waals surface area contributed by atoms with Crippen LogP contribution in [-0.2, 0) is 14.3 Å². The Labute approximate surface area is 119 Å². The molecular formula is C13H24N2O5. The maximum Gasteiger partial charge on any atom is 0.326 e. The van der Waals surface area contributed by atoms with Gasteiger partial charge in [-0.2, -0.15) is 0 Å². The zero-order valence-corrected chi connectivity index (χ0v) is 12.3. The van der Waals surface area contributed by atoms with Crippen molar-refractivity contribution in [1.29, 1.82) is 0 Å². The van der Waals surface area contributed by atoms with Crippen molar-refractivity contribution in [1.82, 2.24) is 10.2 Å². The highest BCUT2D eigenvalue weighted by molar-refractivity contribution is 5.83. The molecule has 20 heavy (non-hydrogen) atoms. The highest BCUT2D eigenvalue weighted by Gasteiger charge is 2.35. The first-order valence-electron chi connectivity index (χ1n) is 6.76. The lowest BCUT2D eigenvalue weighted by Gasteiger charge is -2.42. The lowest BCUT2D eigenvalue weighted by molar-refractivity contribution is -0.139. The third kappa shape index (κ3) is 4.64. The van der Waals surface area contributed by atoms with Crippen LogP contribution in [0.15, 0.2) is 0 Å². The van der Waals surface area contributed by atoms with Crippen LogP contribution < -0.4 is 5.32 Å². The number of amides is 2. The summed E-state index contributed by atoms with van der Waals surface area (Å²) in [5.41, 5.74) is -0.433. The van der Waals surface area contributed by atoms with Crippen LogP contribution in [-0.4, -0.2) is 67.1 Å². The third-order valence-corrected chi connectivity index (χ3v) is 3.33. The van der Waals surface area contributed by atoms with Gasteiger partial charge in [0.05, 0.1) is 18.8 Å². The van der Waals surface area contributed by atoms with E-state index in [2.05, 4.69) is 5.32 Å². The molecule has 1 aliphatic rings. The minimum atomic E-state index is -1.03. The Bertz CT molecular complexity index is 346. The number of carboxylic acid groups (broad SMARTS) is 1. The number of methoxy groups -OCH3 is 1. The molecule has 0 spiro atoms. The first kappa shape index (κ1) is 16.7. The molecule has 1 atom stereocenters. The van der Waals surface area contributed by atoms with E-state index in [4.69, 9.17) is 14.6 Å². The molecule has 0 bridgehead atoms. The van der Waals surface area contributed by atoms with E-state index in [0.29, 0.717) is 39.2 Å². The largest absolute Gasteiger partial charge is 0.480 e. The van der Waals surface area contributed by atoms with Crippen molar-refractivity contribution in [3.8, 4) is 0 Å². The fraction of sp³-hybridized carbons (Fsp3) is 0.846. The quantitative estimate of drug-likeness (QED) is 0.702. The highest BCUT2D eigenvalue weighted by atomic mass is 16.5. The summed E-state index contributed by atoms with van der Waals surface area (Å²) in [5.74, 6) is -1.03. The molecule has 7 nitrogen and oxygen atoms in total. The maximum absolute atomic E-state index is 12.2. The highest BCUT2D eigenvalue weighted by Crippen LogP contribution is 2.19. The fourth-order valence-corrected chi connectivity index (χ4v) is 2.15. The molecule has 1 rings (SSSR count). The molecule has 1 heterocycles. The van der Waals surface area contributed by atoms with Gasteiger partial charge < -0.3 is 24.8 Å². The van der Waals surface area contributed by atoms with E-state index in [1.54, 1.807) is 12.0 Å². The maximum atomic E-state index is 12.2. The van der Waals surface area contributed by atoms with Crippen molar-refractivity contribution in [3.05, 3.63) is 0 Å². The van der Waals surface area contributed by atoms with Gasteiger partial charge in [-0.3, -0.25) is 0 Å². The Morgan fingerprint density at radius 2 is 2.20 bits per heavy atom. The summed E-state index contributed by atoms with van der Waals surface area (Å²) in [6, 6.07) is -1.25. The van der Waals surface area contributed by atoms with Crippen molar-refractivity contribution in [3.63, 3.8) is 0 Å². The van der Waals surface area contributed by atoms with Gasteiger partial charge in [0.25, 0.3) is 0 Å². The molecule has 0 saturated carbocycles. The smallest absolute Gasteiger partial charge is 0.326 e. The van der Waals surface area contributed by atoms with Gasteiger partial charge in [0, 0.05) is 20.3 Å². The minimum absolute atomic E-state index is 0.347. The average Bonchev–Trinajstić information content (AvgIpc) is 2.36. The summed E-state index contributed by atoms with van der Waals surface area (Å²) >= 11 is 0. The van der Waals surface area contributed by atoms with Gasteiger partial charge in [-0.25, -0.2) is 9.59 Å². The van der Waals surface area contributed by atoms with Gasteiger partial charge in [0.15, 0.2) is 0 Å². The number of urea groups is 1. The molecule has 2 N–H and O–H groups in total. The van der Waals surface area contributed by atoms with E-state index >= 15 is 0 Å². The number of aliphatic carboxylic acids is 1. The van der Waals surface area contributed by atoms with Crippen molar-refractivity contribution < 1.29 is 24.2 Å². The van der Waals surface area contributed by atoms with Gasteiger partial charge in [0.2, 0.25) is 0 Å². The number of nitrogens with one attached hydrogen (secondary N) is 1. The lowest BCUT2D eigenvalue weighted by atomic mass is 10.0. The Hall–Kier alpha value is -1.34. The molecule has 1 saturated heterocycles. The molecule has 0 aromatic heterocycles. The molecular weight excluding hydrogens is 264 g/mol. The molecule has 0 aromatic rings. The monoisotopic (exact) mass is 288 g/mol. The van der Waals surface area contributed by atoms with Crippen LogP contribution in [0.3, 0.4) is 0 Å². The molecule has 7 heteroatoms. The molecule has 0 aliphatic carbocycles. The number of morpholine rings is 1. The van der Waals surface area contributed by atoms with Crippen LogP contribution in [0.25, 0.3) is 0 Å². The fourth-order valence-electron chi connectivity index (χ4n) is 2.15. The molecule has 0 aromatic carbocycles. The lowest BCUT2D eigenvalue weighted by Crippen LogP contribution is -2.60. The Morgan fingerprint density at radius 1 is 1.50 bits per heavy atom. The summed E-state index contributed by atoms with van der Waals surface area (Å²) in [5, 5.41) is 11.7. The number of rotatable bonds is 6. The van der Waals surface area contributed by atoms with E-state index in [9.17, 15) is 9.59 Å². The van der Waals surface area contributed by atoms with E-state index < -0.39 is 17.6 Å². The summed E-state index contributed by atoms with van der Waals surface area (Å²) in [4.78, 5) is 25.0. The number of hydrogen-bond acceptors (Lipinski definition) is 4. The molecule has 2 amide bonds. The molecule has 0 radical (unpaired) electrons. The van der Waals surface area contributed by atoms with Gasteiger partial charge in [-0.1, -0.05) is 0 Å². The zero-order chi connectivity index (χ0) is 15.2. The second-order valence-corrected chi connectivity index (χ2v) is 5.49. The summed E-state index contributed by atoms with van der Waals surface area (Å²) in [6.45, 7) is 5.64. The second-order valence-electron chi connectivity index (χ2n) is 5.49. The topological polar surface area (TPSA) is 88.1 Å². The van der Waals surface area contributed by atoms with Crippen LogP contribution >= 0.6 is 0 Å². The SMILES string of the molecule is COCCCC(NC(=O)N1CCOCC1(C)C)C(=O)O. The van der Waals surface area contributed by atoms with Gasteiger partial charge >= 0.3 is 12.0 Å². The predicted octanol–water partition coefficient (Wildman–Crippen LogP) is 0.687.